The number of carbonyl (C=O) groups excluding carboxylic acids is 1. The Morgan fingerprint density at radius 3 is 2.76 bits per heavy atom. The first-order chi connectivity index (χ1) is 8.04. The molecule has 5 nitrogen and oxygen atoms in total. The molecule has 6 heteroatoms. The van der Waals surface area contributed by atoms with Crippen LogP contribution in [0.1, 0.15) is 23.7 Å². The Balaban J connectivity index is 2.58. The number of nitrogens with one attached hydrogen (secondary N) is 1. The summed E-state index contributed by atoms with van der Waals surface area (Å²) in [5.74, 6) is -1.78. The fourth-order valence-corrected chi connectivity index (χ4v) is 1.63. The lowest BCUT2D eigenvalue weighted by molar-refractivity contribution is -0.141. The molecule has 0 radical (unpaired) electrons. The van der Waals surface area contributed by atoms with Gasteiger partial charge in [-0.15, -0.1) is 0 Å². The average Bonchev–Trinajstić information content (AvgIpc) is 2.29. The number of carboxylic acid groups (broad SMARTS) is 1. The quantitative estimate of drug-likeness (QED) is 0.867. The number of carboxylic acids is 1. The van der Waals surface area contributed by atoms with Gasteiger partial charge in [0.2, 0.25) is 0 Å². The standard InChI is InChI=1S/C11H13BrN2O3/c1-2-7(11(16)17)5-14-10(15)8-3-9(12)6-13-4-8/h3-4,6-7H,2,5H2,1H3,(H,14,15)(H,16,17). The van der Waals surface area contributed by atoms with Gasteiger partial charge >= 0.3 is 5.97 Å². The van der Waals surface area contributed by atoms with Crippen molar-refractivity contribution in [2.75, 3.05) is 6.54 Å². The molecule has 1 rings (SSSR count). The van der Waals surface area contributed by atoms with E-state index in [4.69, 9.17) is 5.11 Å². The largest absolute Gasteiger partial charge is 0.481 e. The summed E-state index contributed by atoms with van der Waals surface area (Å²) in [7, 11) is 0. The van der Waals surface area contributed by atoms with Crippen molar-refractivity contribution in [3.63, 3.8) is 0 Å². The van der Waals surface area contributed by atoms with Crippen molar-refractivity contribution in [1.82, 2.24) is 10.3 Å². The molecule has 0 saturated carbocycles. The number of rotatable bonds is 5. The van der Waals surface area contributed by atoms with Crippen LogP contribution in [0.15, 0.2) is 22.9 Å². The van der Waals surface area contributed by atoms with Crippen LogP contribution in [0.25, 0.3) is 0 Å². The zero-order chi connectivity index (χ0) is 12.8. The van der Waals surface area contributed by atoms with E-state index in [-0.39, 0.29) is 12.5 Å². The van der Waals surface area contributed by atoms with E-state index < -0.39 is 11.9 Å². The van der Waals surface area contributed by atoms with Crippen molar-refractivity contribution in [2.24, 2.45) is 5.92 Å². The first-order valence-electron chi connectivity index (χ1n) is 5.16. The third kappa shape index (κ3) is 4.14. The molecule has 92 valence electrons. The second-order valence-electron chi connectivity index (χ2n) is 3.55. The zero-order valence-electron chi connectivity index (χ0n) is 9.31. The summed E-state index contributed by atoms with van der Waals surface area (Å²) in [5, 5.41) is 11.4. The van der Waals surface area contributed by atoms with Gasteiger partial charge in [0.25, 0.3) is 5.91 Å². The van der Waals surface area contributed by atoms with E-state index in [0.717, 1.165) is 0 Å². The van der Waals surface area contributed by atoms with Crippen LogP contribution in [0, 0.1) is 5.92 Å². The molecule has 0 aliphatic heterocycles. The third-order valence-electron chi connectivity index (χ3n) is 2.32. The van der Waals surface area contributed by atoms with Crippen LogP contribution >= 0.6 is 15.9 Å². The summed E-state index contributed by atoms with van der Waals surface area (Å²) in [6.07, 6.45) is 3.48. The van der Waals surface area contributed by atoms with Crippen LogP contribution in [0.2, 0.25) is 0 Å². The number of hydrogen-bond donors (Lipinski definition) is 2. The third-order valence-corrected chi connectivity index (χ3v) is 2.75. The molecule has 1 aromatic rings. The number of halogens is 1. The maximum Gasteiger partial charge on any atom is 0.308 e. The molecule has 1 atom stereocenters. The number of carbonyl (C=O) groups is 2. The maximum absolute atomic E-state index is 11.7. The topological polar surface area (TPSA) is 79.3 Å². The number of aromatic nitrogens is 1. The smallest absolute Gasteiger partial charge is 0.308 e. The second kappa shape index (κ2) is 6.34. The molecule has 1 aromatic heterocycles. The summed E-state index contributed by atoms with van der Waals surface area (Å²) in [6.45, 7) is 1.89. The van der Waals surface area contributed by atoms with Crippen molar-refractivity contribution < 1.29 is 14.7 Å². The minimum absolute atomic E-state index is 0.122. The Morgan fingerprint density at radius 2 is 2.24 bits per heavy atom. The summed E-state index contributed by atoms with van der Waals surface area (Å²) in [6, 6.07) is 1.63. The van der Waals surface area contributed by atoms with Gasteiger partial charge in [0.15, 0.2) is 0 Å². The van der Waals surface area contributed by atoms with Crippen LogP contribution in [-0.2, 0) is 4.79 Å². The van der Waals surface area contributed by atoms with Gasteiger partial charge in [-0.25, -0.2) is 0 Å². The molecule has 0 spiro atoms. The van der Waals surface area contributed by atoms with Gasteiger partial charge in [0, 0.05) is 23.4 Å². The van der Waals surface area contributed by atoms with Crippen molar-refractivity contribution in [3.05, 3.63) is 28.5 Å². The molecular formula is C11H13BrN2O3. The molecule has 0 saturated heterocycles. The average molecular weight is 301 g/mol. The van der Waals surface area contributed by atoms with E-state index in [1.807, 2.05) is 0 Å². The molecular weight excluding hydrogens is 288 g/mol. The van der Waals surface area contributed by atoms with Crippen LogP contribution in [0.5, 0.6) is 0 Å². The molecule has 1 unspecified atom stereocenters. The van der Waals surface area contributed by atoms with Crippen LogP contribution in [0.4, 0.5) is 0 Å². The molecule has 17 heavy (non-hydrogen) atoms. The Kier molecular flexibility index (Phi) is 5.09. The van der Waals surface area contributed by atoms with Crippen LogP contribution in [-0.4, -0.2) is 28.5 Å². The van der Waals surface area contributed by atoms with Gasteiger partial charge in [-0.05, 0) is 28.4 Å². The monoisotopic (exact) mass is 300 g/mol. The number of aliphatic carboxylic acids is 1. The molecule has 1 heterocycles. The maximum atomic E-state index is 11.7. The van der Waals surface area contributed by atoms with E-state index in [2.05, 4.69) is 26.2 Å². The van der Waals surface area contributed by atoms with Gasteiger partial charge < -0.3 is 10.4 Å². The highest BCUT2D eigenvalue weighted by molar-refractivity contribution is 9.10. The molecule has 1 amide bonds. The number of pyridine rings is 1. The van der Waals surface area contributed by atoms with E-state index in [0.29, 0.717) is 16.5 Å². The highest BCUT2D eigenvalue weighted by Gasteiger charge is 2.16. The second-order valence-corrected chi connectivity index (χ2v) is 4.46. The lowest BCUT2D eigenvalue weighted by Crippen LogP contribution is -2.32. The molecule has 0 bridgehead atoms. The van der Waals surface area contributed by atoms with Gasteiger partial charge in [0.1, 0.15) is 0 Å². The van der Waals surface area contributed by atoms with Crippen molar-refractivity contribution >= 4 is 27.8 Å². The Labute approximate surface area is 107 Å². The Hall–Kier alpha value is -1.43. The van der Waals surface area contributed by atoms with Gasteiger partial charge in [-0.1, -0.05) is 6.92 Å². The summed E-state index contributed by atoms with van der Waals surface area (Å²) in [4.78, 5) is 26.3. The SMILES string of the molecule is CCC(CNC(=O)c1cncc(Br)c1)C(=O)O. The summed E-state index contributed by atoms with van der Waals surface area (Å²) >= 11 is 3.21. The van der Waals surface area contributed by atoms with Gasteiger partial charge in [-0.3, -0.25) is 14.6 Å². The lowest BCUT2D eigenvalue weighted by atomic mass is 10.1. The fourth-order valence-electron chi connectivity index (χ4n) is 1.26. The number of amides is 1. The minimum atomic E-state index is -0.903. The van der Waals surface area contributed by atoms with Gasteiger partial charge in [0.05, 0.1) is 11.5 Å². The van der Waals surface area contributed by atoms with Crippen LogP contribution in [0.3, 0.4) is 0 Å². The Bertz CT molecular complexity index is 423. The first-order valence-corrected chi connectivity index (χ1v) is 5.95. The number of hydrogen-bond acceptors (Lipinski definition) is 3. The van der Waals surface area contributed by atoms with E-state index >= 15 is 0 Å². The molecule has 2 N–H and O–H groups in total. The molecule has 0 aliphatic carbocycles. The predicted molar refractivity (Wildman–Crippen MR) is 65.7 cm³/mol. The van der Waals surface area contributed by atoms with E-state index in [1.54, 1.807) is 19.2 Å². The van der Waals surface area contributed by atoms with Crippen LogP contribution < -0.4 is 5.32 Å². The molecule has 0 aromatic carbocycles. The zero-order valence-corrected chi connectivity index (χ0v) is 10.9. The first kappa shape index (κ1) is 13.6. The highest BCUT2D eigenvalue weighted by Crippen LogP contribution is 2.09. The molecule has 0 fully saturated rings. The van der Waals surface area contributed by atoms with Crippen molar-refractivity contribution in [1.29, 1.82) is 0 Å². The lowest BCUT2D eigenvalue weighted by Gasteiger charge is -2.10. The summed E-state index contributed by atoms with van der Waals surface area (Å²) in [5.41, 5.74) is 0.402. The highest BCUT2D eigenvalue weighted by atomic mass is 79.9. The van der Waals surface area contributed by atoms with E-state index in [1.165, 1.54) is 6.20 Å². The Morgan fingerprint density at radius 1 is 1.53 bits per heavy atom. The van der Waals surface area contributed by atoms with Crippen molar-refractivity contribution in [2.45, 2.75) is 13.3 Å². The predicted octanol–water partition coefficient (Wildman–Crippen LogP) is 1.68. The van der Waals surface area contributed by atoms with E-state index in [9.17, 15) is 9.59 Å². The summed E-state index contributed by atoms with van der Waals surface area (Å²) < 4.78 is 0.704. The number of nitrogens with zero attached hydrogens (tertiary/aromatic N) is 1. The molecule has 0 aliphatic rings. The van der Waals surface area contributed by atoms with Gasteiger partial charge in [-0.2, -0.15) is 0 Å². The van der Waals surface area contributed by atoms with Crippen molar-refractivity contribution in [3.8, 4) is 0 Å². The minimum Gasteiger partial charge on any atom is -0.481 e. The normalized spacial score (nSPS) is 11.9. The fraction of sp³-hybridized carbons (Fsp3) is 0.364.